The number of guanidine groups is 2. The van der Waals surface area contributed by atoms with Gasteiger partial charge in [-0.3, -0.25) is 17.3 Å². The molecule has 0 fully saturated rings. The topological polar surface area (TPSA) is 326 Å². The van der Waals surface area contributed by atoms with E-state index in [9.17, 15) is 32.9 Å². The molecule has 15 N–H and O–H groups in total. The number of halogens is 1. The van der Waals surface area contributed by atoms with Crippen molar-refractivity contribution in [3.8, 4) is 11.3 Å². The molecule has 0 saturated heterocycles. The van der Waals surface area contributed by atoms with Gasteiger partial charge in [0.2, 0.25) is 21.9 Å². The summed E-state index contributed by atoms with van der Waals surface area (Å²) in [5, 5.41) is 35.4. The normalized spacial score (nSPS) is 12.2. The van der Waals surface area contributed by atoms with E-state index in [1.54, 1.807) is 0 Å². The first kappa shape index (κ1) is 38.2. The van der Waals surface area contributed by atoms with Gasteiger partial charge in [-0.15, -0.1) is 5.10 Å². The number of aliphatic hydroxyl groups is 2. The zero-order valence-electron chi connectivity index (χ0n) is 24.2. The van der Waals surface area contributed by atoms with Crippen molar-refractivity contribution in [3.63, 3.8) is 0 Å². The number of carbonyl (C=O) groups excluding carboxylic acids is 1. The van der Waals surface area contributed by atoms with E-state index in [-0.39, 0.29) is 30.2 Å². The molecule has 2 rings (SSSR count). The molecule has 2 aromatic rings. The molecule has 1 aromatic carbocycles. The lowest BCUT2D eigenvalue weighted by Gasteiger charge is -2.20. The van der Waals surface area contributed by atoms with E-state index in [1.165, 1.54) is 43.5 Å². The van der Waals surface area contributed by atoms with Crippen LogP contribution in [0.1, 0.15) is 43.9 Å². The Morgan fingerprint density at radius 2 is 1.67 bits per heavy atom. The van der Waals surface area contributed by atoms with Gasteiger partial charge in [-0.05, 0) is 30.2 Å². The Bertz CT molecular complexity index is 1360. The third-order valence-electron chi connectivity index (χ3n) is 5.12. The number of hydrazine groups is 1. The van der Waals surface area contributed by atoms with Crippen LogP contribution in [0.25, 0.3) is 17.3 Å². The molecule has 0 aliphatic rings. The molecule has 0 saturated carbocycles. The number of carboxylic acid groups (broad SMARTS) is 1. The minimum Gasteiger partial charge on any atom is -0.550 e. The van der Waals surface area contributed by atoms with Gasteiger partial charge in [0.1, 0.15) is 5.82 Å². The predicted molar refractivity (Wildman–Crippen MR) is 159 cm³/mol. The van der Waals surface area contributed by atoms with Crippen LogP contribution in [0.3, 0.4) is 0 Å². The number of hydrazone groups is 2. The molecule has 43 heavy (non-hydrogen) atoms. The van der Waals surface area contributed by atoms with Gasteiger partial charge in [0.25, 0.3) is 0 Å². The summed E-state index contributed by atoms with van der Waals surface area (Å²) >= 11 is 0. The van der Waals surface area contributed by atoms with Crippen LogP contribution in [-0.4, -0.2) is 72.0 Å². The Morgan fingerprint density at radius 3 is 2.07 bits per heavy atom. The van der Waals surface area contributed by atoms with Crippen LogP contribution in [0, 0.1) is 5.82 Å². The Labute approximate surface area is 248 Å². The van der Waals surface area contributed by atoms with E-state index in [0.717, 1.165) is 10.6 Å². The number of aromatic nitrogens is 2. The highest BCUT2D eigenvalue weighted by Crippen LogP contribution is 2.31. The highest BCUT2D eigenvalue weighted by Gasteiger charge is 2.22. The van der Waals surface area contributed by atoms with Gasteiger partial charge in [0.15, 0.2) is 0 Å². The highest BCUT2D eigenvalue weighted by atomic mass is 32.2. The SMILES string of the molecule is CC(C)c1nc(N(C)S(C)(=O)=O)nc(-c2ccc(F)cc2)c1/C=C/[C@H](O)C[C@@H](O)CC(=O)[O-].NN=C(N)N.N[NH+]=C(N)N. The van der Waals surface area contributed by atoms with E-state index in [4.69, 9.17) is 22.9 Å². The fourth-order valence-electron chi connectivity index (χ4n) is 3.04. The second-order valence-electron chi connectivity index (χ2n) is 9.11. The molecule has 0 spiro atoms. The number of hydrogen-bond donors (Lipinski definition) is 9. The minimum absolute atomic E-state index is 0.0324. The van der Waals surface area contributed by atoms with Gasteiger partial charge in [-0.2, -0.15) is 5.10 Å². The average molecular weight is 630 g/mol. The number of rotatable bonds is 10. The summed E-state index contributed by atoms with van der Waals surface area (Å²) in [6, 6.07) is 5.46. The lowest BCUT2D eigenvalue weighted by atomic mass is 9.97. The molecule has 1 aromatic heterocycles. The zero-order chi connectivity index (χ0) is 33.5. The van der Waals surface area contributed by atoms with E-state index < -0.39 is 40.4 Å². The van der Waals surface area contributed by atoms with E-state index in [0.29, 0.717) is 22.5 Å². The maximum absolute atomic E-state index is 13.5. The number of aliphatic hydroxyl groups excluding tert-OH is 2. The van der Waals surface area contributed by atoms with Crippen LogP contribution in [-0.2, 0) is 14.8 Å². The number of nitrogens with zero attached hydrogens (tertiary/aromatic N) is 4. The molecule has 0 unspecified atom stereocenters. The molecule has 17 nitrogen and oxygen atoms in total. The van der Waals surface area contributed by atoms with Crippen molar-refractivity contribution < 1.29 is 38.0 Å². The summed E-state index contributed by atoms with van der Waals surface area (Å²) in [7, 11) is -2.34. The summed E-state index contributed by atoms with van der Waals surface area (Å²) in [4.78, 5) is 19.4. The van der Waals surface area contributed by atoms with Crippen LogP contribution in [0.5, 0.6) is 0 Å². The average Bonchev–Trinajstić information content (AvgIpc) is 2.91. The van der Waals surface area contributed by atoms with Gasteiger partial charge in [0, 0.05) is 37.0 Å². The molecule has 19 heteroatoms. The van der Waals surface area contributed by atoms with Crippen molar-refractivity contribution in [2.24, 2.45) is 39.7 Å². The quantitative estimate of drug-likeness (QED) is 0.0517. The van der Waals surface area contributed by atoms with Gasteiger partial charge < -0.3 is 37.4 Å². The number of carbonyl (C=O) groups is 1. The summed E-state index contributed by atoms with van der Waals surface area (Å²) in [6.45, 7) is 3.69. The molecular formula is C24H40FN11O6S. The van der Waals surface area contributed by atoms with E-state index >= 15 is 0 Å². The van der Waals surface area contributed by atoms with E-state index in [1.807, 2.05) is 18.9 Å². The fraction of sp³-hybridized carbons (Fsp3) is 0.375. The first-order valence-electron chi connectivity index (χ1n) is 12.3. The lowest BCUT2D eigenvalue weighted by molar-refractivity contribution is -0.471. The maximum Gasteiger partial charge on any atom is 0.360 e. The number of carboxylic acids is 1. The summed E-state index contributed by atoms with van der Waals surface area (Å²) in [5.41, 5.74) is 20.7. The number of anilines is 1. The van der Waals surface area contributed by atoms with Crippen molar-refractivity contribution in [3.05, 3.63) is 47.4 Å². The van der Waals surface area contributed by atoms with E-state index in [2.05, 4.69) is 26.8 Å². The zero-order valence-corrected chi connectivity index (χ0v) is 25.0. The molecule has 0 amide bonds. The summed E-state index contributed by atoms with van der Waals surface area (Å²) in [6.07, 6.45) is 0.578. The highest BCUT2D eigenvalue weighted by molar-refractivity contribution is 7.92. The number of nitrogens with two attached hydrogens (primary N) is 6. The molecule has 240 valence electrons. The van der Waals surface area contributed by atoms with Gasteiger partial charge in [-0.1, -0.05) is 26.0 Å². The first-order chi connectivity index (χ1) is 19.8. The Balaban J connectivity index is 0.00000152. The molecule has 1 heterocycles. The minimum atomic E-state index is -3.66. The number of hydrogen-bond acceptors (Lipinski definition) is 11. The van der Waals surface area contributed by atoms with Gasteiger partial charge >= 0.3 is 5.96 Å². The Morgan fingerprint density at radius 1 is 1.16 bits per heavy atom. The molecule has 0 aliphatic heterocycles. The first-order valence-corrected chi connectivity index (χ1v) is 14.2. The van der Waals surface area contributed by atoms with Crippen molar-refractivity contribution in [1.82, 2.24) is 9.97 Å². The second-order valence-corrected chi connectivity index (χ2v) is 11.1. The maximum atomic E-state index is 13.5. The smallest absolute Gasteiger partial charge is 0.360 e. The number of sulfonamides is 1. The van der Waals surface area contributed by atoms with Crippen molar-refractivity contribution in [2.45, 2.75) is 44.8 Å². The third-order valence-corrected chi connectivity index (χ3v) is 6.28. The number of benzene rings is 1. The number of nitrogens with one attached hydrogen (secondary N) is 1. The van der Waals surface area contributed by atoms with Crippen LogP contribution in [0.4, 0.5) is 10.3 Å². The van der Waals surface area contributed by atoms with Gasteiger partial charge in [-0.25, -0.2) is 27.1 Å². The monoisotopic (exact) mass is 629 g/mol. The molecule has 0 aliphatic carbocycles. The number of aliphatic carboxylic acids is 1. The largest absolute Gasteiger partial charge is 0.550 e. The fourth-order valence-corrected chi connectivity index (χ4v) is 3.41. The van der Waals surface area contributed by atoms with Crippen molar-refractivity contribution in [2.75, 3.05) is 17.6 Å². The molecule has 0 bridgehead atoms. The second kappa shape index (κ2) is 17.9. The standard InChI is InChI=1S/C22H28FN3O6S.2CH6N4/c1-13(2)20-18(10-9-16(27)11-17(28)12-19(29)30)21(14-5-7-15(23)8-6-14)25-22(24-20)26(3)33(4,31)32;2*2-1(3)5-4/h5-10,13,16-17,27-28H,11-12H2,1-4H3,(H,29,30);2*4H2,(H4,2,3,5)/b10-9+;;/t16-,17+;;/m0../s1. The lowest BCUT2D eigenvalue weighted by Crippen LogP contribution is -2.84. The van der Waals surface area contributed by atoms with Gasteiger partial charge in [0.05, 0.1) is 29.9 Å². The van der Waals surface area contributed by atoms with Crippen LogP contribution < -0.4 is 49.1 Å². The predicted octanol–water partition coefficient (Wildman–Crippen LogP) is -4.59. The molecule has 2 atom stereocenters. The summed E-state index contributed by atoms with van der Waals surface area (Å²) in [5.74, 6) is 6.94. The third kappa shape index (κ3) is 14.6. The Kier molecular flexibility index (Phi) is 15.9. The van der Waals surface area contributed by atoms with Crippen molar-refractivity contribution >= 4 is 39.9 Å². The molecule has 0 radical (unpaired) electrons. The van der Waals surface area contributed by atoms with Crippen LogP contribution >= 0.6 is 0 Å². The van der Waals surface area contributed by atoms with Crippen LogP contribution in [0.2, 0.25) is 0 Å². The molecular weight excluding hydrogens is 589 g/mol. The van der Waals surface area contributed by atoms with Crippen LogP contribution in [0.15, 0.2) is 35.4 Å². The Hall–Kier alpha value is -4.75. The van der Waals surface area contributed by atoms with Crippen molar-refractivity contribution in [1.29, 1.82) is 0 Å². The summed E-state index contributed by atoms with van der Waals surface area (Å²) < 4.78 is 38.6.